The van der Waals surface area contributed by atoms with E-state index in [1.165, 1.54) is 7.11 Å². The van der Waals surface area contributed by atoms with Crippen LogP contribution in [0.15, 0.2) is 24.3 Å². The van der Waals surface area contributed by atoms with E-state index in [0.29, 0.717) is 5.56 Å². The quantitative estimate of drug-likeness (QED) is 0.830. The second kappa shape index (κ2) is 5.40. The number of benzene rings is 1. The van der Waals surface area contributed by atoms with Crippen LogP contribution in [0.4, 0.5) is 5.69 Å². The number of methoxy groups -OCH3 is 1. The molecule has 2 unspecified atom stereocenters. The van der Waals surface area contributed by atoms with Gasteiger partial charge in [-0.3, -0.25) is 0 Å². The lowest BCUT2D eigenvalue weighted by Gasteiger charge is -2.30. The molecule has 0 radical (unpaired) electrons. The highest BCUT2D eigenvalue weighted by Crippen LogP contribution is 2.29. The molecular formula is C14H19NO3. The Kier molecular flexibility index (Phi) is 3.87. The highest BCUT2D eigenvalue weighted by atomic mass is 16.5. The van der Waals surface area contributed by atoms with Crippen molar-refractivity contribution in [3.63, 3.8) is 0 Å². The van der Waals surface area contributed by atoms with Gasteiger partial charge in [0.2, 0.25) is 0 Å². The molecular weight excluding hydrogens is 230 g/mol. The van der Waals surface area contributed by atoms with E-state index in [1.54, 1.807) is 6.07 Å². The molecule has 1 aromatic carbocycles. The number of nitrogens with zero attached hydrogens (tertiary/aromatic N) is 1. The zero-order valence-corrected chi connectivity index (χ0v) is 10.8. The highest BCUT2D eigenvalue weighted by Gasteiger charge is 2.30. The standard InChI is InChI=1S/C14H19NO3/c1-15(12-8-5-9-13(12)16)11-7-4-3-6-10(11)14(17)18-2/h3-4,6-7,12-13,16H,5,8-9H2,1-2H3. The number of aliphatic hydroxyl groups is 1. The van der Waals surface area contributed by atoms with E-state index in [-0.39, 0.29) is 18.1 Å². The van der Waals surface area contributed by atoms with Gasteiger partial charge in [0, 0.05) is 7.05 Å². The number of hydrogen-bond donors (Lipinski definition) is 1. The number of esters is 1. The largest absolute Gasteiger partial charge is 0.465 e. The van der Waals surface area contributed by atoms with Crippen LogP contribution in [-0.2, 0) is 4.74 Å². The third-order valence-corrected chi connectivity index (χ3v) is 3.63. The first-order valence-electron chi connectivity index (χ1n) is 6.23. The fourth-order valence-electron chi connectivity index (χ4n) is 2.62. The van der Waals surface area contributed by atoms with E-state index in [4.69, 9.17) is 4.74 Å². The summed E-state index contributed by atoms with van der Waals surface area (Å²) in [4.78, 5) is 13.7. The fourth-order valence-corrected chi connectivity index (χ4v) is 2.62. The lowest BCUT2D eigenvalue weighted by molar-refractivity contribution is 0.0601. The fraction of sp³-hybridized carbons (Fsp3) is 0.500. The molecule has 0 heterocycles. The molecule has 2 rings (SSSR count). The van der Waals surface area contributed by atoms with Crippen LogP contribution in [-0.4, -0.2) is 37.4 Å². The second-order valence-electron chi connectivity index (χ2n) is 4.69. The van der Waals surface area contributed by atoms with Gasteiger partial charge >= 0.3 is 5.97 Å². The minimum atomic E-state index is -0.343. The van der Waals surface area contributed by atoms with Crippen molar-refractivity contribution in [2.75, 3.05) is 19.1 Å². The van der Waals surface area contributed by atoms with Crippen LogP contribution >= 0.6 is 0 Å². The number of carbonyl (C=O) groups excluding carboxylic acids is 1. The molecule has 1 fully saturated rings. The first kappa shape index (κ1) is 12.9. The van der Waals surface area contributed by atoms with Gasteiger partial charge in [-0.15, -0.1) is 0 Å². The molecule has 0 aromatic heterocycles. The number of carbonyl (C=O) groups is 1. The van der Waals surface area contributed by atoms with E-state index in [2.05, 4.69) is 0 Å². The zero-order chi connectivity index (χ0) is 13.1. The second-order valence-corrected chi connectivity index (χ2v) is 4.69. The van der Waals surface area contributed by atoms with Gasteiger partial charge in [-0.1, -0.05) is 12.1 Å². The van der Waals surface area contributed by atoms with Crippen molar-refractivity contribution in [2.24, 2.45) is 0 Å². The van der Waals surface area contributed by atoms with E-state index in [1.807, 2.05) is 30.1 Å². The van der Waals surface area contributed by atoms with Crippen LogP contribution < -0.4 is 4.90 Å². The van der Waals surface area contributed by atoms with Gasteiger partial charge in [0.1, 0.15) is 0 Å². The third kappa shape index (κ3) is 2.34. The molecule has 4 nitrogen and oxygen atoms in total. The molecule has 4 heteroatoms. The van der Waals surface area contributed by atoms with E-state index in [0.717, 1.165) is 24.9 Å². The lowest BCUT2D eigenvalue weighted by atomic mass is 10.1. The van der Waals surface area contributed by atoms with Gasteiger partial charge in [-0.2, -0.15) is 0 Å². The molecule has 1 aliphatic carbocycles. The lowest BCUT2D eigenvalue weighted by Crippen LogP contribution is -2.38. The highest BCUT2D eigenvalue weighted by molar-refractivity contribution is 5.95. The van der Waals surface area contributed by atoms with Crippen molar-refractivity contribution in [1.82, 2.24) is 0 Å². The maximum Gasteiger partial charge on any atom is 0.339 e. The number of aliphatic hydroxyl groups excluding tert-OH is 1. The molecule has 0 spiro atoms. The van der Waals surface area contributed by atoms with Crippen molar-refractivity contribution >= 4 is 11.7 Å². The summed E-state index contributed by atoms with van der Waals surface area (Å²) < 4.78 is 4.79. The summed E-state index contributed by atoms with van der Waals surface area (Å²) in [6.45, 7) is 0. The third-order valence-electron chi connectivity index (χ3n) is 3.63. The van der Waals surface area contributed by atoms with Crippen molar-refractivity contribution < 1.29 is 14.6 Å². The average Bonchev–Trinajstić information content (AvgIpc) is 2.83. The molecule has 0 saturated heterocycles. The van der Waals surface area contributed by atoms with Crippen molar-refractivity contribution in [2.45, 2.75) is 31.4 Å². The summed E-state index contributed by atoms with van der Waals surface area (Å²) in [6, 6.07) is 7.42. The summed E-state index contributed by atoms with van der Waals surface area (Å²) in [5.74, 6) is -0.343. The molecule has 2 atom stereocenters. The summed E-state index contributed by atoms with van der Waals surface area (Å²) in [5.41, 5.74) is 1.36. The Bertz CT molecular complexity index is 433. The molecule has 1 aromatic rings. The number of para-hydroxylation sites is 1. The Morgan fingerprint density at radius 2 is 2.11 bits per heavy atom. The van der Waals surface area contributed by atoms with Gasteiger partial charge in [0.05, 0.1) is 30.5 Å². The summed E-state index contributed by atoms with van der Waals surface area (Å²) in [6.07, 6.45) is 2.49. The van der Waals surface area contributed by atoms with Crippen molar-refractivity contribution in [1.29, 1.82) is 0 Å². The monoisotopic (exact) mass is 249 g/mol. The average molecular weight is 249 g/mol. The smallest absolute Gasteiger partial charge is 0.339 e. The number of ether oxygens (including phenoxy) is 1. The summed E-state index contributed by atoms with van der Waals surface area (Å²) >= 11 is 0. The number of rotatable bonds is 3. The first-order valence-corrected chi connectivity index (χ1v) is 6.23. The molecule has 1 aliphatic rings. The van der Waals surface area contributed by atoms with Crippen LogP contribution in [0, 0.1) is 0 Å². The molecule has 18 heavy (non-hydrogen) atoms. The molecule has 98 valence electrons. The Hall–Kier alpha value is -1.55. The predicted molar refractivity (Wildman–Crippen MR) is 69.8 cm³/mol. The van der Waals surface area contributed by atoms with E-state index < -0.39 is 0 Å². The molecule has 0 aliphatic heterocycles. The minimum absolute atomic E-state index is 0.0795. The van der Waals surface area contributed by atoms with Gasteiger partial charge in [-0.25, -0.2) is 4.79 Å². The van der Waals surface area contributed by atoms with Crippen LogP contribution in [0.3, 0.4) is 0 Å². The topological polar surface area (TPSA) is 49.8 Å². The van der Waals surface area contributed by atoms with Crippen LogP contribution in [0.2, 0.25) is 0 Å². The molecule has 1 N–H and O–H groups in total. The van der Waals surface area contributed by atoms with Crippen LogP contribution in [0.5, 0.6) is 0 Å². The predicted octanol–water partition coefficient (Wildman–Crippen LogP) is 1.82. The van der Waals surface area contributed by atoms with Gasteiger partial charge in [0.15, 0.2) is 0 Å². The summed E-state index contributed by atoms with van der Waals surface area (Å²) in [5, 5.41) is 9.95. The van der Waals surface area contributed by atoms with Crippen molar-refractivity contribution in [3.05, 3.63) is 29.8 Å². The zero-order valence-electron chi connectivity index (χ0n) is 10.8. The van der Waals surface area contributed by atoms with Gasteiger partial charge < -0.3 is 14.7 Å². The Morgan fingerprint density at radius 1 is 1.39 bits per heavy atom. The normalized spacial score (nSPS) is 22.8. The first-order chi connectivity index (χ1) is 8.65. The van der Waals surface area contributed by atoms with Gasteiger partial charge in [0.25, 0.3) is 0 Å². The maximum atomic E-state index is 11.7. The minimum Gasteiger partial charge on any atom is -0.465 e. The van der Waals surface area contributed by atoms with Crippen LogP contribution in [0.25, 0.3) is 0 Å². The molecule has 1 saturated carbocycles. The number of likely N-dealkylation sites (N-methyl/N-ethyl adjacent to an activating group) is 1. The number of anilines is 1. The maximum absolute atomic E-state index is 11.7. The van der Waals surface area contributed by atoms with Gasteiger partial charge in [-0.05, 0) is 31.4 Å². The van der Waals surface area contributed by atoms with Crippen molar-refractivity contribution in [3.8, 4) is 0 Å². The van der Waals surface area contributed by atoms with Crippen LogP contribution in [0.1, 0.15) is 29.6 Å². The van der Waals surface area contributed by atoms with E-state index in [9.17, 15) is 9.90 Å². The number of hydrogen-bond acceptors (Lipinski definition) is 4. The Morgan fingerprint density at radius 3 is 2.72 bits per heavy atom. The Balaban J connectivity index is 2.29. The SMILES string of the molecule is COC(=O)c1ccccc1N(C)C1CCCC1O. The summed E-state index contributed by atoms with van der Waals surface area (Å²) in [7, 11) is 3.30. The molecule has 0 amide bonds. The molecule has 0 bridgehead atoms. The van der Waals surface area contributed by atoms with E-state index >= 15 is 0 Å². The Labute approximate surface area is 107 Å².